The average molecular weight is 538 g/mol. The zero-order valence-corrected chi connectivity index (χ0v) is 25.0. The Hall–Kier alpha value is -2.91. The van der Waals surface area contributed by atoms with E-state index in [1.54, 1.807) is 0 Å². The molecule has 3 aromatic rings. The number of anilines is 1. The number of nitrogens with one attached hydrogen (secondary N) is 1. The smallest absolute Gasteiger partial charge is 0.410 e. The lowest BCUT2D eigenvalue weighted by atomic mass is 10.0. The molecule has 3 aromatic heterocycles. The molecule has 1 aliphatic heterocycles. The topological polar surface area (TPSA) is 81.5 Å². The third kappa shape index (κ3) is 7.35. The van der Waals surface area contributed by atoms with E-state index in [-0.39, 0.29) is 12.1 Å². The SMILES string of the molecule is Cc1ccc(-c2cnc3c(ccn3COCC[Si](C)(C)C)c2N[C@@H]2CCCN(C(=O)OC(C)(C)C)C2)nc1. The van der Waals surface area contributed by atoms with Gasteiger partial charge in [0.15, 0.2) is 0 Å². The van der Waals surface area contributed by atoms with Crippen LogP contribution in [0.1, 0.15) is 39.2 Å². The lowest BCUT2D eigenvalue weighted by Gasteiger charge is -2.35. The molecule has 4 heterocycles. The van der Waals surface area contributed by atoms with Crippen LogP contribution < -0.4 is 5.32 Å². The number of carbonyl (C=O) groups excluding carboxylic acids is 1. The predicted octanol–water partition coefficient (Wildman–Crippen LogP) is 6.53. The molecule has 9 heteroatoms. The van der Waals surface area contributed by atoms with Crippen molar-refractivity contribution in [1.29, 1.82) is 0 Å². The molecule has 1 fully saturated rings. The van der Waals surface area contributed by atoms with Gasteiger partial charge < -0.3 is 24.3 Å². The minimum Gasteiger partial charge on any atom is -0.444 e. The number of nitrogens with zero attached hydrogens (tertiary/aromatic N) is 4. The number of aryl methyl sites for hydroxylation is 1. The molecule has 8 nitrogen and oxygen atoms in total. The normalized spacial score (nSPS) is 16.6. The van der Waals surface area contributed by atoms with Crippen LogP contribution in [0.25, 0.3) is 22.3 Å². The number of hydrogen-bond acceptors (Lipinski definition) is 6. The number of likely N-dealkylation sites (tertiary alicyclic amines) is 1. The number of fused-ring (bicyclic) bond motifs is 1. The molecule has 38 heavy (non-hydrogen) atoms. The summed E-state index contributed by atoms with van der Waals surface area (Å²) in [6, 6.07) is 7.42. The van der Waals surface area contributed by atoms with Gasteiger partial charge in [0, 0.05) is 63.4 Å². The molecule has 0 aromatic carbocycles. The Morgan fingerprint density at radius 3 is 2.63 bits per heavy atom. The summed E-state index contributed by atoms with van der Waals surface area (Å²) in [4.78, 5) is 24.1. The number of amides is 1. The van der Waals surface area contributed by atoms with E-state index in [4.69, 9.17) is 19.4 Å². The molecule has 1 amide bonds. The van der Waals surface area contributed by atoms with Crippen molar-refractivity contribution in [2.45, 2.75) is 84.6 Å². The van der Waals surface area contributed by atoms with Crippen molar-refractivity contribution in [3.05, 3.63) is 42.4 Å². The van der Waals surface area contributed by atoms with Crippen molar-refractivity contribution in [3.63, 3.8) is 0 Å². The standard InChI is InChI=1S/C29H43N5O3Si/c1-21-10-11-25(30-17-21)24-18-31-27-23(12-14-34(27)20-36-15-16-38(5,6)7)26(24)32-22-9-8-13-33(19-22)28(35)37-29(2,3)4/h10-12,14,17-18,22H,8-9,13,15-16,19-20H2,1-7H3,(H,31,32)/t22-/m1/s1. The highest BCUT2D eigenvalue weighted by molar-refractivity contribution is 6.76. The maximum Gasteiger partial charge on any atom is 0.410 e. The van der Waals surface area contributed by atoms with Crippen molar-refractivity contribution in [1.82, 2.24) is 19.4 Å². The van der Waals surface area contributed by atoms with Crippen LogP contribution in [0.2, 0.25) is 25.7 Å². The van der Waals surface area contributed by atoms with Gasteiger partial charge in [0.05, 0.1) is 11.4 Å². The molecule has 1 saturated heterocycles. The third-order valence-corrected chi connectivity index (χ3v) is 8.33. The van der Waals surface area contributed by atoms with Gasteiger partial charge in [-0.3, -0.25) is 4.98 Å². The van der Waals surface area contributed by atoms with Crippen LogP contribution in [0.5, 0.6) is 0 Å². The number of hydrogen-bond donors (Lipinski definition) is 1. The van der Waals surface area contributed by atoms with E-state index >= 15 is 0 Å². The highest BCUT2D eigenvalue weighted by atomic mass is 28.3. The minimum atomic E-state index is -1.15. The Morgan fingerprint density at radius 1 is 1.16 bits per heavy atom. The molecule has 0 unspecified atom stereocenters. The Morgan fingerprint density at radius 2 is 1.95 bits per heavy atom. The van der Waals surface area contributed by atoms with Crippen LogP contribution in [-0.2, 0) is 16.2 Å². The van der Waals surface area contributed by atoms with Gasteiger partial charge in [-0.05, 0) is 64.3 Å². The van der Waals surface area contributed by atoms with E-state index in [0.29, 0.717) is 19.8 Å². The summed E-state index contributed by atoms with van der Waals surface area (Å²) in [6.45, 7) is 17.3. The van der Waals surface area contributed by atoms with Crippen molar-refractivity contribution in [2.24, 2.45) is 0 Å². The maximum atomic E-state index is 12.8. The molecule has 206 valence electrons. The molecule has 0 saturated carbocycles. The average Bonchev–Trinajstić information content (AvgIpc) is 3.25. The zero-order valence-electron chi connectivity index (χ0n) is 24.0. The Bertz CT molecular complexity index is 1240. The second-order valence-corrected chi connectivity index (χ2v) is 18.2. The number of rotatable bonds is 8. The lowest BCUT2D eigenvalue weighted by molar-refractivity contribution is 0.0206. The van der Waals surface area contributed by atoms with Gasteiger partial charge >= 0.3 is 6.09 Å². The molecular weight excluding hydrogens is 494 g/mol. The van der Waals surface area contributed by atoms with Crippen LogP contribution in [0.3, 0.4) is 0 Å². The van der Waals surface area contributed by atoms with Gasteiger partial charge in [0.25, 0.3) is 0 Å². The summed E-state index contributed by atoms with van der Waals surface area (Å²) < 4.78 is 13.7. The molecule has 0 aliphatic carbocycles. The highest BCUT2D eigenvalue weighted by Gasteiger charge is 2.28. The number of pyridine rings is 2. The molecule has 0 radical (unpaired) electrons. The van der Waals surface area contributed by atoms with Gasteiger partial charge in [-0.15, -0.1) is 0 Å². The molecular formula is C29H43N5O3Si. The van der Waals surface area contributed by atoms with Gasteiger partial charge in [-0.2, -0.15) is 0 Å². The van der Waals surface area contributed by atoms with Gasteiger partial charge in [-0.25, -0.2) is 9.78 Å². The first-order valence-electron chi connectivity index (χ1n) is 13.6. The van der Waals surface area contributed by atoms with Gasteiger partial charge in [0.1, 0.15) is 18.0 Å². The molecule has 1 N–H and O–H groups in total. The Labute approximate surface area is 227 Å². The van der Waals surface area contributed by atoms with E-state index in [1.807, 2.05) is 57.3 Å². The second-order valence-electron chi connectivity index (χ2n) is 12.5. The van der Waals surface area contributed by atoms with Crippen LogP contribution >= 0.6 is 0 Å². The molecule has 1 atom stereocenters. The first kappa shape index (κ1) is 28.1. The largest absolute Gasteiger partial charge is 0.444 e. The van der Waals surface area contributed by atoms with Crippen molar-refractivity contribution in [2.75, 3.05) is 25.0 Å². The van der Waals surface area contributed by atoms with Crippen LogP contribution in [0.15, 0.2) is 36.8 Å². The number of carbonyl (C=O) groups is 1. The Balaban J connectivity index is 1.61. The molecule has 0 spiro atoms. The summed E-state index contributed by atoms with van der Waals surface area (Å²) in [6.07, 6.45) is 7.43. The predicted molar refractivity (Wildman–Crippen MR) is 156 cm³/mol. The van der Waals surface area contributed by atoms with E-state index in [2.05, 4.69) is 41.7 Å². The van der Waals surface area contributed by atoms with E-state index in [9.17, 15) is 4.79 Å². The first-order valence-corrected chi connectivity index (χ1v) is 17.3. The fourth-order valence-electron chi connectivity index (χ4n) is 4.55. The number of piperidine rings is 1. The number of aromatic nitrogens is 3. The summed E-state index contributed by atoms with van der Waals surface area (Å²) in [5.41, 5.74) is 4.27. The summed E-state index contributed by atoms with van der Waals surface area (Å²) in [5, 5.41) is 4.80. The van der Waals surface area contributed by atoms with Gasteiger partial charge in [0.2, 0.25) is 0 Å². The second kappa shape index (κ2) is 11.5. The third-order valence-electron chi connectivity index (χ3n) is 6.62. The molecule has 0 bridgehead atoms. The maximum absolute atomic E-state index is 12.8. The fraction of sp³-hybridized carbons (Fsp3) is 0.552. The monoisotopic (exact) mass is 537 g/mol. The molecule has 4 rings (SSSR count). The van der Waals surface area contributed by atoms with E-state index in [1.165, 1.54) is 0 Å². The lowest BCUT2D eigenvalue weighted by Crippen LogP contribution is -2.47. The summed E-state index contributed by atoms with van der Waals surface area (Å²) in [5.74, 6) is 0. The highest BCUT2D eigenvalue weighted by Crippen LogP contribution is 2.35. The number of ether oxygens (including phenoxy) is 2. The molecule has 1 aliphatic rings. The minimum absolute atomic E-state index is 0.0856. The first-order chi connectivity index (χ1) is 17.9. The van der Waals surface area contributed by atoms with E-state index in [0.717, 1.165) is 59.0 Å². The van der Waals surface area contributed by atoms with Crippen LogP contribution in [0, 0.1) is 6.92 Å². The van der Waals surface area contributed by atoms with E-state index < -0.39 is 13.7 Å². The van der Waals surface area contributed by atoms with Crippen molar-refractivity contribution >= 4 is 30.9 Å². The summed E-state index contributed by atoms with van der Waals surface area (Å²) in [7, 11) is -1.15. The van der Waals surface area contributed by atoms with Crippen molar-refractivity contribution < 1.29 is 14.3 Å². The fourth-order valence-corrected chi connectivity index (χ4v) is 5.31. The van der Waals surface area contributed by atoms with Gasteiger partial charge in [-0.1, -0.05) is 25.7 Å². The van der Waals surface area contributed by atoms with Crippen molar-refractivity contribution in [3.8, 4) is 11.3 Å². The van der Waals surface area contributed by atoms with Crippen LogP contribution in [-0.4, -0.2) is 64.9 Å². The Kier molecular flexibility index (Phi) is 8.47. The zero-order chi connectivity index (χ0) is 27.5. The van der Waals surface area contributed by atoms with Crippen LogP contribution in [0.4, 0.5) is 10.5 Å². The quantitative estimate of drug-likeness (QED) is 0.260. The summed E-state index contributed by atoms with van der Waals surface area (Å²) >= 11 is 0.